The monoisotopic (exact) mass is 338 g/mol. The molecule has 0 radical (unpaired) electrons. The Kier molecular flexibility index (Phi) is 5.03. The first-order valence-electron chi connectivity index (χ1n) is 8.58. The van der Waals surface area contributed by atoms with Crippen LogP contribution in [0.25, 0.3) is 10.9 Å². The van der Waals surface area contributed by atoms with Gasteiger partial charge in [-0.3, -0.25) is 4.79 Å². The highest BCUT2D eigenvalue weighted by Crippen LogP contribution is 2.26. The van der Waals surface area contributed by atoms with Crippen molar-refractivity contribution >= 4 is 22.6 Å². The average Bonchev–Trinajstić information content (AvgIpc) is 2.66. The van der Waals surface area contributed by atoms with Crippen LogP contribution in [-0.2, 0) is 4.79 Å². The summed E-state index contributed by atoms with van der Waals surface area (Å²) in [6.45, 7) is 4.75. The van der Waals surface area contributed by atoms with Crippen LogP contribution in [0.3, 0.4) is 0 Å². The van der Waals surface area contributed by atoms with Crippen molar-refractivity contribution in [1.82, 2.24) is 9.88 Å². The van der Waals surface area contributed by atoms with Crippen molar-refractivity contribution in [1.29, 1.82) is 5.26 Å². The van der Waals surface area contributed by atoms with E-state index in [0.717, 1.165) is 23.1 Å². The number of nitriles is 1. The van der Waals surface area contributed by atoms with Crippen LogP contribution in [0.1, 0.15) is 25.3 Å². The van der Waals surface area contributed by atoms with Crippen molar-refractivity contribution in [3.05, 3.63) is 29.8 Å². The minimum atomic E-state index is 0.209. The number of anilines is 1. The molecule has 6 heteroatoms. The Balaban J connectivity index is 1.84. The van der Waals surface area contributed by atoms with Gasteiger partial charge < -0.3 is 14.5 Å². The lowest BCUT2D eigenvalue weighted by Gasteiger charge is -2.35. The van der Waals surface area contributed by atoms with Crippen LogP contribution in [-0.4, -0.2) is 49.1 Å². The number of aromatic nitrogens is 1. The number of amides is 1. The second-order valence-corrected chi connectivity index (χ2v) is 6.15. The fourth-order valence-corrected chi connectivity index (χ4v) is 3.13. The fourth-order valence-electron chi connectivity index (χ4n) is 3.13. The number of benzene rings is 1. The molecule has 130 valence electrons. The summed E-state index contributed by atoms with van der Waals surface area (Å²) >= 11 is 0. The molecule has 1 amide bonds. The van der Waals surface area contributed by atoms with E-state index in [4.69, 9.17) is 9.72 Å². The zero-order chi connectivity index (χ0) is 17.8. The minimum Gasteiger partial charge on any atom is -0.497 e. The Bertz CT molecular complexity index is 820. The van der Waals surface area contributed by atoms with Gasteiger partial charge in [0, 0.05) is 38.0 Å². The summed E-state index contributed by atoms with van der Waals surface area (Å²) < 4.78 is 5.24. The van der Waals surface area contributed by atoms with Gasteiger partial charge in [-0.25, -0.2) is 4.98 Å². The maximum atomic E-state index is 12.0. The minimum absolute atomic E-state index is 0.209. The highest BCUT2D eigenvalue weighted by atomic mass is 16.5. The van der Waals surface area contributed by atoms with E-state index in [0.29, 0.717) is 44.0 Å². The Hall–Kier alpha value is -2.81. The number of rotatable bonds is 4. The number of ether oxygens (including phenoxy) is 1. The van der Waals surface area contributed by atoms with Gasteiger partial charge in [0.2, 0.25) is 5.91 Å². The molecule has 0 bridgehead atoms. The molecule has 0 spiro atoms. The van der Waals surface area contributed by atoms with Gasteiger partial charge in [-0.1, -0.05) is 6.92 Å². The largest absolute Gasteiger partial charge is 0.497 e. The topological polar surface area (TPSA) is 69.5 Å². The molecule has 6 nitrogen and oxygen atoms in total. The van der Waals surface area contributed by atoms with Crippen molar-refractivity contribution in [3.8, 4) is 11.8 Å². The van der Waals surface area contributed by atoms with Crippen molar-refractivity contribution in [2.45, 2.75) is 19.8 Å². The van der Waals surface area contributed by atoms with Crippen molar-refractivity contribution in [2.75, 3.05) is 38.2 Å². The second kappa shape index (κ2) is 7.39. The van der Waals surface area contributed by atoms with Crippen molar-refractivity contribution < 1.29 is 9.53 Å². The van der Waals surface area contributed by atoms with Crippen LogP contribution in [0.4, 0.5) is 5.82 Å². The van der Waals surface area contributed by atoms with Crippen molar-refractivity contribution in [2.24, 2.45) is 0 Å². The molecule has 2 aromatic rings. The molecule has 1 saturated heterocycles. The van der Waals surface area contributed by atoms with Gasteiger partial charge in [0.15, 0.2) is 0 Å². The van der Waals surface area contributed by atoms with Crippen LogP contribution in [0.2, 0.25) is 0 Å². The molecule has 3 rings (SSSR count). The van der Waals surface area contributed by atoms with Gasteiger partial charge in [0.1, 0.15) is 17.6 Å². The lowest BCUT2D eigenvalue weighted by Crippen LogP contribution is -2.49. The fraction of sp³-hybridized carbons (Fsp3) is 0.421. The standard InChI is InChI=1S/C19H22N4O2/c1-3-4-18(24)22-7-9-23(10-8-22)19-15(13-20)11-14-12-16(25-2)5-6-17(14)21-19/h5-6,11-12H,3-4,7-10H2,1-2H3. The molecule has 0 N–H and O–H groups in total. The molecule has 0 unspecified atom stereocenters. The van der Waals surface area contributed by atoms with E-state index in [1.807, 2.05) is 36.1 Å². The average molecular weight is 338 g/mol. The first kappa shape index (κ1) is 17.0. The van der Waals surface area contributed by atoms with Crippen LogP contribution in [0.15, 0.2) is 24.3 Å². The van der Waals surface area contributed by atoms with Gasteiger partial charge in [0.25, 0.3) is 0 Å². The zero-order valence-electron chi connectivity index (χ0n) is 14.7. The Morgan fingerprint density at radius 1 is 1.28 bits per heavy atom. The lowest BCUT2D eigenvalue weighted by atomic mass is 10.1. The van der Waals surface area contributed by atoms with E-state index in [1.54, 1.807) is 7.11 Å². The Labute approximate surface area is 147 Å². The molecule has 0 aliphatic carbocycles. The van der Waals surface area contributed by atoms with E-state index in [-0.39, 0.29) is 5.91 Å². The number of methoxy groups -OCH3 is 1. The predicted molar refractivity (Wildman–Crippen MR) is 96.7 cm³/mol. The summed E-state index contributed by atoms with van der Waals surface area (Å²) in [6.07, 6.45) is 1.47. The Morgan fingerprint density at radius 3 is 2.68 bits per heavy atom. The summed E-state index contributed by atoms with van der Waals surface area (Å²) in [5.41, 5.74) is 1.38. The van der Waals surface area contributed by atoms with Gasteiger partial charge in [0.05, 0.1) is 18.2 Å². The number of pyridine rings is 1. The number of nitrogens with zero attached hydrogens (tertiary/aromatic N) is 4. The third-order valence-electron chi connectivity index (χ3n) is 4.52. The molecule has 1 aliphatic heterocycles. The third-order valence-corrected chi connectivity index (χ3v) is 4.52. The molecular weight excluding hydrogens is 316 g/mol. The van der Waals surface area contributed by atoms with Crippen LogP contribution in [0, 0.1) is 11.3 Å². The summed E-state index contributed by atoms with van der Waals surface area (Å²) in [4.78, 5) is 20.7. The number of carbonyl (C=O) groups excluding carboxylic acids is 1. The van der Waals surface area contributed by atoms with Crippen LogP contribution < -0.4 is 9.64 Å². The number of fused-ring (bicyclic) bond motifs is 1. The molecule has 1 aliphatic rings. The zero-order valence-corrected chi connectivity index (χ0v) is 14.7. The first-order chi connectivity index (χ1) is 12.2. The van der Waals surface area contributed by atoms with E-state index in [9.17, 15) is 10.1 Å². The SMILES string of the molecule is CCCC(=O)N1CCN(c2nc3ccc(OC)cc3cc2C#N)CC1. The van der Waals surface area contributed by atoms with Crippen LogP contribution in [0.5, 0.6) is 5.75 Å². The van der Waals surface area contributed by atoms with E-state index in [2.05, 4.69) is 11.0 Å². The van der Waals surface area contributed by atoms with Gasteiger partial charge >= 0.3 is 0 Å². The predicted octanol–water partition coefficient (Wildman–Crippen LogP) is 2.56. The molecule has 25 heavy (non-hydrogen) atoms. The number of hydrogen-bond donors (Lipinski definition) is 0. The lowest BCUT2D eigenvalue weighted by molar-refractivity contribution is -0.131. The first-order valence-corrected chi connectivity index (χ1v) is 8.58. The maximum Gasteiger partial charge on any atom is 0.222 e. The molecular formula is C19H22N4O2. The molecule has 1 aromatic carbocycles. The summed E-state index contributed by atoms with van der Waals surface area (Å²) in [5.74, 6) is 1.65. The highest BCUT2D eigenvalue weighted by molar-refractivity contribution is 5.84. The summed E-state index contributed by atoms with van der Waals surface area (Å²) in [5, 5.41) is 10.4. The number of carbonyl (C=O) groups is 1. The molecule has 0 saturated carbocycles. The molecule has 2 heterocycles. The van der Waals surface area contributed by atoms with Gasteiger partial charge in [-0.2, -0.15) is 5.26 Å². The maximum absolute atomic E-state index is 12.0. The number of hydrogen-bond acceptors (Lipinski definition) is 5. The van der Waals surface area contributed by atoms with Gasteiger partial charge in [-0.05, 0) is 30.7 Å². The summed E-state index contributed by atoms with van der Waals surface area (Å²) in [7, 11) is 1.62. The Morgan fingerprint density at radius 2 is 2.04 bits per heavy atom. The third kappa shape index (κ3) is 3.50. The quantitative estimate of drug-likeness (QED) is 0.857. The van der Waals surface area contributed by atoms with Gasteiger partial charge in [-0.15, -0.1) is 0 Å². The van der Waals surface area contributed by atoms with E-state index in [1.165, 1.54) is 0 Å². The molecule has 1 aromatic heterocycles. The number of piperazine rings is 1. The normalized spacial score (nSPS) is 14.4. The highest BCUT2D eigenvalue weighted by Gasteiger charge is 2.23. The van der Waals surface area contributed by atoms with E-state index < -0.39 is 0 Å². The van der Waals surface area contributed by atoms with Crippen molar-refractivity contribution in [3.63, 3.8) is 0 Å². The molecule has 0 atom stereocenters. The summed E-state index contributed by atoms with van der Waals surface area (Å²) in [6, 6.07) is 9.76. The molecule has 1 fully saturated rings. The van der Waals surface area contributed by atoms with Crippen LogP contribution >= 0.6 is 0 Å². The second-order valence-electron chi connectivity index (χ2n) is 6.15. The van der Waals surface area contributed by atoms with E-state index >= 15 is 0 Å². The smallest absolute Gasteiger partial charge is 0.222 e.